The van der Waals surface area contributed by atoms with Crippen molar-refractivity contribution in [2.24, 2.45) is 0 Å². The second-order valence-electron chi connectivity index (χ2n) is 2.53. The summed E-state index contributed by atoms with van der Waals surface area (Å²) >= 11 is 0. The van der Waals surface area contributed by atoms with Gasteiger partial charge in [-0.3, -0.25) is 4.79 Å². The van der Waals surface area contributed by atoms with Crippen LogP contribution in [-0.4, -0.2) is 32.3 Å². The number of carbonyl (C=O) groups excluding carboxylic acids is 2. The minimum atomic E-state index is -0.478. The van der Waals surface area contributed by atoms with Crippen molar-refractivity contribution in [3.8, 4) is 0 Å². The number of rotatable bonds is 6. The Kier molecular flexibility index (Phi) is 6.39. The fraction of sp³-hybridized carbons (Fsp3) is 0.556. The van der Waals surface area contributed by atoms with E-state index in [-0.39, 0.29) is 19.2 Å². The van der Waals surface area contributed by atoms with E-state index in [9.17, 15) is 9.59 Å². The number of esters is 1. The zero-order valence-electron chi connectivity index (χ0n) is 8.46. The summed E-state index contributed by atoms with van der Waals surface area (Å²) in [5.41, 5.74) is 0.478. The molecule has 0 aromatic heterocycles. The lowest BCUT2D eigenvalue weighted by Gasteiger charge is -2.05. The lowest BCUT2D eigenvalue weighted by molar-refractivity contribution is -0.146. The summed E-state index contributed by atoms with van der Waals surface area (Å²) in [7, 11) is 1.27. The zero-order chi connectivity index (χ0) is 11.0. The molecular formula is C9H15NO4. The molecule has 1 amide bonds. The predicted molar refractivity (Wildman–Crippen MR) is 50.4 cm³/mol. The van der Waals surface area contributed by atoms with Gasteiger partial charge < -0.3 is 14.8 Å². The molecular weight excluding hydrogens is 186 g/mol. The third-order valence-electron chi connectivity index (χ3n) is 1.53. The first-order valence-corrected chi connectivity index (χ1v) is 4.22. The lowest BCUT2D eigenvalue weighted by atomic mass is 10.2. The third-order valence-corrected chi connectivity index (χ3v) is 1.53. The topological polar surface area (TPSA) is 64.6 Å². The summed E-state index contributed by atoms with van der Waals surface area (Å²) < 4.78 is 9.14. The van der Waals surface area contributed by atoms with E-state index in [1.165, 1.54) is 7.11 Å². The van der Waals surface area contributed by atoms with E-state index in [0.717, 1.165) is 0 Å². The number of methoxy groups -OCH3 is 1. The molecule has 0 heterocycles. The van der Waals surface area contributed by atoms with Crippen LogP contribution in [0.5, 0.6) is 0 Å². The van der Waals surface area contributed by atoms with Gasteiger partial charge in [0.05, 0.1) is 7.11 Å². The average Bonchev–Trinajstić information content (AvgIpc) is 2.22. The Morgan fingerprint density at radius 1 is 1.43 bits per heavy atom. The summed E-state index contributed by atoms with van der Waals surface area (Å²) in [6, 6.07) is 0. The Bertz CT molecular complexity index is 225. The van der Waals surface area contributed by atoms with E-state index in [4.69, 9.17) is 4.74 Å². The Balaban J connectivity index is 3.50. The van der Waals surface area contributed by atoms with Crippen molar-refractivity contribution in [3.05, 3.63) is 12.2 Å². The van der Waals surface area contributed by atoms with E-state index in [1.807, 2.05) is 6.92 Å². The van der Waals surface area contributed by atoms with Crippen molar-refractivity contribution < 1.29 is 19.1 Å². The molecule has 0 saturated carbocycles. The highest BCUT2D eigenvalue weighted by molar-refractivity contribution is 5.92. The third kappa shape index (κ3) is 5.31. The molecule has 0 aromatic carbocycles. The lowest BCUT2D eigenvalue weighted by Crippen LogP contribution is -2.28. The normalized spacial score (nSPS) is 9.29. The molecule has 0 radical (unpaired) electrons. The standard InChI is InChI=1S/C9H15NO4/c1-4-7(2)9(12)10-6-14-5-8(11)13-3/h2,4-6H2,1,3H3,(H,10,12). The number of nitrogens with one attached hydrogen (secondary N) is 1. The van der Waals surface area contributed by atoms with Crippen molar-refractivity contribution in [2.45, 2.75) is 13.3 Å². The van der Waals surface area contributed by atoms with Crippen molar-refractivity contribution in [1.82, 2.24) is 5.32 Å². The fourth-order valence-electron chi connectivity index (χ4n) is 0.595. The molecule has 0 atom stereocenters. The summed E-state index contributed by atoms with van der Waals surface area (Å²) in [6.45, 7) is 5.18. The van der Waals surface area contributed by atoms with Crippen molar-refractivity contribution in [3.63, 3.8) is 0 Å². The first-order chi connectivity index (χ1) is 6.61. The minimum Gasteiger partial charge on any atom is -0.467 e. The molecule has 0 rings (SSSR count). The van der Waals surface area contributed by atoms with E-state index < -0.39 is 5.97 Å². The van der Waals surface area contributed by atoms with E-state index in [0.29, 0.717) is 12.0 Å². The fourth-order valence-corrected chi connectivity index (χ4v) is 0.595. The van der Waals surface area contributed by atoms with Gasteiger partial charge in [0.25, 0.3) is 0 Å². The van der Waals surface area contributed by atoms with Crippen LogP contribution in [0.2, 0.25) is 0 Å². The number of hydrogen-bond donors (Lipinski definition) is 1. The largest absolute Gasteiger partial charge is 0.467 e. The quantitative estimate of drug-likeness (QED) is 0.289. The van der Waals surface area contributed by atoms with Crippen LogP contribution in [-0.2, 0) is 19.1 Å². The van der Waals surface area contributed by atoms with Crippen LogP contribution in [0, 0.1) is 0 Å². The van der Waals surface area contributed by atoms with Crippen LogP contribution in [0.25, 0.3) is 0 Å². The first kappa shape index (κ1) is 12.6. The van der Waals surface area contributed by atoms with E-state index in [1.54, 1.807) is 0 Å². The monoisotopic (exact) mass is 201 g/mol. The Hall–Kier alpha value is -1.36. The van der Waals surface area contributed by atoms with Gasteiger partial charge >= 0.3 is 5.97 Å². The Labute approximate surface area is 83.1 Å². The predicted octanol–water partition coefficient (Wildman–Crippen LogP) is 0.216. The molecule has 80 valence electrons. The highest BCUT2D eigenvalue weighted by Crippen LogP contribution is 1.94. The molecule has 0 aliphatic heterocycles. The number of hydrogen-bond acceptors (Lipinski definition) is 4. The van der Waals surface area contributed by atoms with Gasteiger partial charge in [0, 0.05) is 5.57 Å². The molecule has 0 aliphatic rings. The molecule has 0 spiro atoms. The van der Waals surface area contributed by atoms with Crippen LogP contribution in [0.15, 0.2) is 12.2 Å². The zero-order valence-corrected chi connectivity index (χ0v) is 8.46. The van der Waals surface area contributed by atoms with Crippen LogP contribution in [0.4, 0.5) is 0 Å². The van der Waals surface area contributed by atoms with Crippen LogP contribution < -0.4 is 5.32 Å². The molecule has 5 heteroatoms. The molecule has 5 nitrogen and oxygen atoms in total. The van der Waals surface area contributed by atoms with Crippen LogP contribution >= 0.6 is 0 Å². The van der Waals surface area contributed by atoms with Gasteiger partial charge in [0.1, 0.15) is 13.3 Å². The summed E-state index contributed by atoms with van der Waals surface area (Å²) in [5.74, 6) is -0.745. The highest BCUT2D eigenvalue weighted by atomic mass is 16.6. The van der Waals surface area contributed by atoms with Gasteiger partial charge in [-0.2, -0.15) is 0 Å². The van der Waals surface area contributed by atoms with Crippen LogP contribution in [0.1, 0.15) is 13.3 Å². The molecule has 0 aliphatic carbocycles. The van der Waals surface area contributed by atoms with Gasteiger partial charge in [0.2, 0.25) is 5.91 Å². The highest BCUT2D eigenvalue weighted by Gasteiger charge is 2.04. The second kappa shape index (κ2) is 7.08. The SMILES string of the molecule is C=C(CC)C(=O)NCOCC(=O)OC. The van der Waals surface area contributed by atoms with Crippen LogP contribution in [0.3, 0.4) is 0 Å². The number of carbonyl (C=O) groups is 2. The molecule has 0 aromatic rings. The molecule has 0 unspecified atom stereocenters. The second-order valence-corrected chi connectivity index (χ2v) is 2.53. The van der Waals surface area contributed by atoms with Crippen molar-refractivity contribution in [2.75, 3.05) is 20.4 Å². The molecule has 14 heavy (non-hydrogen) atoms. The molecule has 1 N–H and O–H groups in total. The summed E-state index contributed by atoms with van der Waals surface area (Å²) in [5, 5.41) is 2.44. The molecule has 0 saturated heterocycles. The molecule has 0 fully saturated rings. The summed E-state index contributed by atoms with van der Waals surface area (Å²) in [4.78, 5) is 21.7. The molecule has 0 bridgehead atoms. The Morgan fingerprint density at radius 2 is 2.07 bits per heavy atom. The minimum absolute atomic E-state index is 0.0209. The average molecular weight is 201 g/mol. The van der Waals surface area contributed by atoms with Gasteiger partial charge in [0.15, 0.2) is 0 Å². The van der Waals surface area contributed by atoms with Gasteiger partial charge in [-0.15, -0.1) is 0 Å². The van der Waals surface area contributed by atoms with Crippen molar-refractivity contribution >= 4 is 11.9 Å². The number of amides is 1. The smallest absolute Gasteiger partial charge is 0.331 e. The maximum absolute atomic E-state index is 11.1. The Morgan fingerprint density at radius 3 is 2.57 bits per heavy atom. The van der Waals surface area contributed by atoms with E-state index in [2.05, 4.69) is 16.6 Å². The maximum atomic E-state index is 11.1. The number of ether oxygens (including phenoxy) is 2. The van der Waals surface area contributed by atoms with Gasteiger partial charge in [-0.05, 0) is 6.42 Å². The summed E-state index contributed by atoms with van der Waals surface area (Å²) in [6.07, 6.45) is 0.586. The van der Waals surface area contributed by atoms with Gasteiger partial charge in [-0.1, -0.05) is 13.5 Å². The van der Waals surface area contributed by atoms with Crippen molar-refractivity contribution in [1.29, 1.82) is 0 Å². The first-order valence-electron chi connectivity index (χ1n) is 4.22. The van der Waals surface area contributed by atoms with E-state index >= 15 is 0 Å². The van der Waals surface area contributed by atoms with Gasteiger partial charge in [-0.25, -0.2) is 4.79 Å². The maximum Gasteiger partial charge on any atom is 0.331 e.